The summed E-state index contributed by atoms with van der Waals surface area (Å²) in [6.45, 7) is 13.9. The van der Waals surface area contributed by atoms with Crippen LogP contribution in [0, 0.1) is 12.8 Å². The van der Waals surface area contributed by atoms with Crippen LogP contribution in [0.3, 0.4) is 0 Å². The smallest absolute Gasteiger partial charge is 0.227 e. The Morgan fingerprint density at radius 2 is 1.91 bits per heavy atom. The number of anilines is 2. The number of carbonyl (C=O) groups is 1. The van der Waals surface area contributed by atoms with Gasteiger partial charge in [-0.05, 0) is 43.7 Å². The first-order chi connectivity index (χ1) is 11.0. The molecule has 1 unspecified atom stereocenters. The fraction of sp³-hybridized carbons (Fsp3) is 0.632. The largest absolute Gasteiger partial charge is 0.369 e. The second-order valence-corrected chi connectivity index (χ2v) is 6.60. The molecule has 0 aliphatic carbocycles. The molecule has 0 spiro atoms. The molecule has 2 rings (SSSR count). The van der Waals surface area contributed by atoms with Crippen molar-refractivity contribution in [3.63, 3.8) is 0 Å². The normalized spacial score (nSPS) is 17.1. The number of carbonyl (C=O) groups excluding carboxylic acids is 1. The number of hydrogen-bond donors (Lipinski definition) is 1. The molecule has 0 saturated carbocycles. The Hall–Kier alpha value is -1.55. The van der Waals surface area contributed by atoms with E-state index in [2.05, 4.69) is 48.0 Å². The third-order valence-electron chi connectivity index (χ3n) is 4.82. The van der Waals surface area contributed by atoms with Gasteiger partial charge < -0.3 is 15.1 Å². The first kappa shape index (κ1) is 17.8. The molecule has 128 valence electrons. The van der Waals surface area contributed by atoms with Crippen LogP contribution in [-0.4, -0.2) is 43.5 Å². The molecule has 0 aromatic heterocycles. The summed E-state index contributed by atoms with van der Waals surface area (Å²) in [7, 11) is 0. The van der Waals surface area contributed by atoms with Crippen molar-refractivity contribution in [1.29, 1.82) is 0 Å². The van der Waals surface area contributed by atoms with Gasteiger partial charge in [-0.25, -0.2) is 0 Å². The Labute approximate surface area is 140 Å². The maximum Gasteiger partial charge on any atom is 0.227 e. The predicted octanol–water partition coefficient (Wildman–Crippen LogP) is 3.51. The van der Waals surface area contributed by atoms with Crippen molar-refractivity contribution < 1.29 is 4.79 Å². The van der Waals surface area contributed by atoms with Gasteiger partial charge in [0.1, 0.15) is 0 Å². The first-order valence-corrected chi connectivity index (χ1v) is 8.94. The standard InChI is InChI=1S/C19H31N3O/c1-5-7-15(3)19(23)20-18-9-8-17(14-16(18)4)22-12-10-21(6-2)11-13-22/h8-9,14-15H,5-7,10-13H2,1-4H3,(H,20,23). The van der Waals surface area contributed by atoms with Gasteiger partial charge in [-0.15, -0.1) is 0 Å². The van der Waals surface area contributed by atoms with Crippen LogP contribution >= 0.6 is 0 Å². The zero-order chi connectivity index (χ0) is 16.8. The summed E-state index contributed by atoms with van der Waals surface area (Å²) in [4.78, 5) is 17.1. The molecule has 0 bridgehead atoms. The number of nitrogens with one attached hydrogen (secondary N) is 1. The van der Waals surface area contributed by atoms with Crippen molar-refractivity contribution in [2.45, 2.75) is 40.5 Å². The predicted molar refractivity (Wildman–Crippen MR) is 98.2 cm³/mol. The van der Waals surface area contributed by atoms with Crippen molar-refractivity contribution in [3.05, 3.63) is 23.8 Å². The highest BCUT2D eigenvalue weighted by Gasteiger charge is 2.17. The van der Waals surface area contributed by atoms with Crippen LogP contribution in [0.4, 0.5) is 11.4 Å². The van der Waals surface area contributed by atoms with Crippen molar-refractivity contribution >= 4 is 17.3 Å². The molecule has 23 heavy (non-hydrogen) atoms. The Bertz CT molecular complexity index is 521. The number of amides is 1. The topological polar surface area (TPSA) is 35.6 Å². The summed E-state index contributed by atoms with van der Waals surface area (Å²) in [5.74, 6) is 0.195. The molecule has 1 N–H and O–H groups in total. The molecule has 1 amide bonds. The van der Waals surface area contributed by atoms with Gasteiger partial charge in [0.15, 0.2) is 0 Å². The van der Waals surface area contributed by atoms with E-state index in [4.69, 9.17) is 0 Å². The second-order valence-electron chi connectivity index (χ2n) is 6.60. The quantitative estimate of drug-likeness (QED) is 0.872. The van der Waals surface area contributed by atoms with Crippen molar-refractivity contribution in [3.8, 4) is 0 Å². The average molecular weight is 317 g/mol. The molecular formula is C19H31N3O. The highest BCUT2D eigenvalue weighted by Crippen LogP contribution is 2.24. The molecule has 1 saturated heterocycles. The first-order valence-electron chi connectivity index (χ1n) is 8.94. The van der Waals surface area contributed by atoms with Crippen LogP contribution in [0.5, 0.6) is 0 Å². The minimum Gasteiger partial charge on any atom is -0.369 e. The Morgan fingerprint density at radius 1 is 1.22 bits per heavy atom. The molecule has 4 nitrogen and oxygen atoms in total. The van der Waals surface area contributed by atoms with E-state index in [-0.39, 0.29) is 11.8 Å². The summed E-state index contributed by atoms with van der Waals surface area (Å²) in [6, 6.07) is 6.38. The van der Waals surface area contributed by atoms with Crippen LogP contribution in [0.2, 0.25) is 0 Å². The zero-order valence-corrected chi connectivity index (χ0v) is 15.1. The Morgan fingerprint density at radius 3 is 2.48 bits per heavy atom. The van der Waals surface area contributed by atoms with E-state index < -0.39 is 0 Å². The monoisotopic (exact) mass is 317 g/mol. The van der Waals surface area contributed by atoms with E-state index in [1.807, 2.05) is 13.0 Å². The van der Waals surface area contributed by atoms with E-state index in [0.717, 1.165) is 56.8 Å². The molecule has 1 fully saturated rings. The maximum absolute atomic E-state index is 12.2. The number of piperazine rings is 1. The summed E-state index contributed by atoms with van der Waals surface area (Å²) in [5.41, 5.74) is 3.34. The minimum atomic E-state index is 0.0706. The molecule has 0 radical (unpaired) electrons. The molecular weight excluding hydrogens is 286 g/mol. The number of aryl methyl sites for hydroxylation is 1. The second kappa shape index (κ2) is 8.34. The van der Waals surface area contributed by atoms with Crippen LogP contribution in [0.25, 0.3) is 0 Å². The zero-order valence-electron chi connectivity index (χ0n) is 15.1. The SMILES string of the molecule is CCCC(C)C(=O)Nc1ccc(N2CCN(CC)CC2)cc1C. The lowest BCUT2D eigenvalue weighted by molar-refractivity contribution is -0.119. The third kappa shape index (κ3) is 4.71. The molecule has 4 heteroatoms. The maximum atomic E-state index is 12.2. The number of hydrogen-bond acceptors (Lipinski definition) is 3. The molecule has 1 heterocycles. The van der Waals surface area contributed by atoms with E-state index in [9.17, 15) is 4.79 Å². The van der Waals surface area contributed by atoms with Gasteiger partial charge in [-0.1, -0.05) is 27.2 Å². The van der Waals surface area contributed by atoms with E-state index in [1.165, 1.54) is 5.69 Å². The van der Waals surface area contributed by atoms with Gasteiger partial charge in [0.2, 0.25) is 5.91 Å². The van der Waals surface area contributed by atoms with Gasteiger partial charge in [-0.3, -0.25) is 4.79 Å². The lowest BCUT2D eigenvalue weighted by Gasteiger charge is -2.35. The van der Waals surface area contributed by atoms with E-state index >= 15 is 0 Å². The molecule has 1 atom stereocenters. The fourth-order valence-electron chi connectivity index (χ4n) is 3.13. The summed E-state index contributed by atoms with van der Waals surface area (Å²) in [6.07, 6.45) is 1.97. The number of benzene rings is 1. The van der Waals surface area contributed by atoms with Crippen LogP contribution in [0.15, 0.2) is 18.2 Å². The van der Waals surface area contributed by atoms with Gasteiger partial charge in [-0.2, -0.15) is 0 Å². The highest BCUT2D eigenvalue weighted by atomic mass is 16.1. The average Bonchev–Trinajstić information content (AvgIpc) is 2.57. The highest BCUT2D eigenvalue weighted by molar-refractivity contribution is 5.93. The molecule has 1 aliphatic rings. The lowest BCUT2D eigenvalue weighted by atomic mass is 10.0. The minimum absolute atomic E-state index is 0.0706. The van der Waals surface area contributed by atoms with Gasteiger partial charge in [0, 0.05) is 43.5 Å². The fourth-order valence-corrected chi connectivity index (χ4v) is 3.13. The Balaban J connectivity index is 1.99. The summed E-state index contributed by atoms with van der Waals surface area (Å²) < 4.78 is 0. The summed E-state index contributed by atoms with van der Waals surface area (Å²) in [5, 5.41) is 3.08. The van der Waals surface area contributed by atoms with Gasteiger partial charge in [0.25, 0.3) is 0 Å². The van der Waals surface area contributed by atoms with Gasteiger partial charge in [0.05, 0.1) is 0 Å². The molecule has 1 aromatic carbocycles. The lowest BCUT2D eigenvalue weighted by Crippen LogP contribution is -2.46. The molecule has 1 aromatic rings. The third-order valence-corrected chi connectivity index (χ3v) is 4.82. The number of likely N-dealkylation sites (N-methyl/N-ethyl adjacent to an activating group) is 1. The van der Waals surface area contributed by atoms with Crippen LogP contribution in [0.1, 0.15) is 39.2 Å². The number of nitrogens with zero attached hydrogens (tertiary/aromatic N) is 2. The van der Waals surface area contributed by atoms with Crippen molar-refractivity contribution in [2.75, 3.05) is 42.9 Å². The van der Waals surface area contributed by atoms with Crippen LogP contribution < -0.4 is 10.2 Å². The molecule has 1 aliphatic heterocycles. The van der Waals surface area contributed by atoms with Gasteiger partial charge >= 0.3 is 0 Å². The Kier molecular flexibility index (Phi) is 6.46. The summed E-state index contributed by atoms with van der Waals surface area (Å²) >= 11 is 0. The van der Waals surface area contributed by atoms with Crippen LogP contribution in [-0.2, 0) is 4.79 Å². The number of rotatable bonds is 6. The van der Waals surface area contributed by atoms with Crippen molar-refractivity contribution in [1.82, 2.24) is 4.90 Å². The van der Waals surface area contributed by atoms with E-state index in [1.54, 1.807) is 0 Å². The van der Waals surface area contributed by atoms with Crippen molar-refractivity contribution in [2.24, 2.45) is 5.92 Å². The van der Waals surface area contributed by atoms with E-state index in [0.29, 0.717) is 0 Å².